The number of benzene rings is 1. The molecule has 0 aliphatic rings. The highest BCUT2D eigenvalue weighted by Gasteiger charge is 2.09. The van der Waals surface area contributed by atoms with Crippen LogP contribution in [-0.2, 0) is 0 Å². The molecule has 5 heteroatoms. The third-order valence-corrected chi connectivity index (χ3v) is 4.34. The normalized spacial score (nSPS) is 10.1. The van der Waals surface area contributed by atoms with Crippen molar-refractivity contribution in [1.82, 2.24) is 4.98 Å². The fourth-order valence-corrected chi connectivity index (χ4v) is 2.20. The van der Waals surface area contributed by atoms with Gasteiger partial charge in [-0.3, -0.25) is 0 Å². The Hall–Kier alpha value is -1.57. The average Bonchev–Trinajstić information content (AvgIpc) is 2.38. The molecule has 0 atom stereocenters. The first-order chi connectivity index (χ1) is 9.02. The van der Waals surface area contributed by atoms with Gasteiger partial charge < -0.3 is 5.32 Å². The maximum absolute atomic E-state index is 8.94. The van der Waals surface area contributed by atoms with E-state index in [2.05, 4.69) is 26.2 Å². The van der Waals surface area contributed by atoms with E-state index in [0.717, 1.165) is 21.3 Å². The highest BCUT2D eigenvalue weighted by atomic mass is 79.9. The van der Waals surface area contributed by atoms with Crippen molar-refractivity contribution < 1.29 is 0 Å². The van der Waals surface area contributed by atoms with Crippen molar-refractivity contribution in [1.29, 1.82) is 5.26 Å². The fourth-order valence-electron chi connectivity index (χ4n) is 1.77. The van der Waals surface area contributed by atoms with Crippen molar-refractivity contribution in [2.24, 2.45) is 0 Å². The Kier molecular flexibility index (Phi) is 4.08. The van der Waals surface area contributed by atoms with Gasteiger partial charge in [-0.05, 0) is 43.2 Å². The van der Waals surface area contributed by atoms with Crippen LogP contribution in [0.4, 0.5) is 11.5 Å². The lowest BCUT2D eigenvalue weighted by molar-refractivity contribution is 1.28. The third kappa shape index (κ3) is 2.89. The second kappa shape index (κ2) is 5.60. The summed E-state index contributed by atoms with van der Waals surface area (Å²) in [5, 5.41) is 12.4. The van der Waals surface area contributed by atoms with E-state index in [4.69, 9.17) is 16.9 Å². The van der Waals surface area contributed by atoms with Gasteiger partial charge in [0.2, 0.25) is 0 Å². The van der Waals surface area contributed by atoms with Crippen LogP contribution in [0.25, 0.3) is 0 Å². The Morgan fingerprint density at radius 3 is 2.53 bits per heavy atom. The van der Waals surface area contributed by atoms with E-state index in [9.17, 15) is 0 Å². The van der Waals surface area contributed by atoms with Crippen molar-refractivity contribution >= 4 is 39.0 Å². The van der Waals surface area contributed by atoms with Crippen LogP contribution < -0.4 is 5.32 Å². The molecule has 0 saturated carbocycles. The number of rotatable bonds is 2. The molecule has 2 rings (SSSR count). The van der Waals surface area contributed by atoms with Gasteiger partial charge in [-0.25, -0.2) is 4.98 Å². The van der Waals surface area contributed by atoms with Gasteiger partial charge in [0.25, 0.3) is 0 Å². The predicted molar refractivity (Wildman–Crippen MR) is 80.9 cm³/mol. The second-order valence-corrected chi connectivity index (χ2v) is 5.35. The second-order valence-electron chi connectivity index (χ2n) is 4.18. The molecule has 2 aromatic rings. The summed E-state index contributed by atoms with van der Waals surface area (Å²) in [7, 11) is 0. The quantitative estimate of drug-likeness (QED) is 0.862. The number of nitriles is 1. The van der Waals surface area contributed by atoms with E-state index in [1.165, 1.54) is 0 Å². The predicted octanol–water partition coefficient (Wildman–Crippen LogP) is 4.73. The first-order valence-corrected chi connectivity index (χ1v) is 6.78. The van der Waals surface area contributed by atoms with Gasteiger partial charge in [0.1, 0.15) is 11.1 Å². The van der Waals surface area contributed by atoms with Gasteiger partial charge in [0, 0.05) is 16.4 Å². The highest BCUT2D eigenvalue weighted by Crippen LogP contribution is 2.29. The molecule has 0 radical (unpaired) electrons. The zero-order valence-corrected chi connectivity index (χ0v) is 12.8. The van der Waals surface area contributed by atoms with E-state index < -0.39 is 0 Å². The average molecular weight is 337 g/mol. The molecule has 0 aliphatic heterocycles. The van der Waals surface area contributed by atoms with Gasteiger partial charge in [-0.1, -0.05) is 27.5 Å². The molecule has 0 bridgehead atoms. The van der Waals surface area contributed by atoms with Crippen LogP contribution >= 0.6 is 27.5 Å². The number of halogens is 2. The van der Waals surface area contributed by atoms with Gasteiger partial charge in [0.15, 0.2) is 5.82 Å². The Labute approximate surface area is 125 Å². The van der Waals surface area contributed by atoms with Crippen LogP contribution in [0.3, 0.4) is 0 Å². The van der Waals surface area contributed by atoms with Crippen LogP contribution in [0.5, 0.6) is 0 Å². The monoisotopic (exact) mass is 335 g/mol. The molecule has 0 unspecified atom stereocenters. The van der Waals surface area contributed by atoms with Crippen molar-refractivity contribution in [3.8, 4) is 6.07 Å². The summed E-state index contributed by atoms with van der Waals surface area (Å²) < 4.78 is 1.09. The lowest BCUT2D eigenvalue weighted by atomic mass is 10.1. The zero-order valence-electron chi connectivity index (χ0n) is 10.5. The summed E-state index contributed by atoms with van der Waals surface area (Å²) in [5.74, 6) is 0.488. The number of pyridine rings is 1. The van der Waals surface area contributed by atoms with E-state index in [0.29, 0.717) is 16.4 Å². The summed E-state index contributed by atoms with van der Waals surface area (Å²) in [6, 6.07) is 7.61. The molecular formula is C14H11BrClN3. The van der Waals surface area contributed by atoms with E-state index in [-0.39, 0.29) is 0 Å². The summed E-state index contributed by atoms with van der Waals surface area (Å²) in [5.41, 5.74) is 3.54. The fraction of sp³-hybridized carbons (Fsp3) is 0.143. The molecule has 96 valence electrons. The molecular weight excluding hydrogens is 326 g/mol. The topological polar surface area (TPSA) is 48.7 Å². The van der Waals surface area contributed by atoms with Crippen molar-refractivity contribution in [3.63, 3.8) is 0 Å². The summed E-state index contributed by atoms with van der Waals surface area (Å²) in [6.45, 7) is 4.03. The smallest absolute Gasteiger partial charge is 0.150 e. The number of anilines is 2. The van der Waals surface area contributed by atoms with Crippen molar-refractivity contribution in [3.05, 3.63) is 50.6 Å². The summed E-state index contributed by atoms with van der Waals surface area (Å²) in [4.78, 5) is 4.16. The van der Waals surface area contributed by atoms with Crippen molar-refractivity contribution in [2.75, 3.05) is 5.32 Å². The van der Waals surface area contributed by atoms with Gasteiger partial charge in [0.05, 0.1) is 5.56 Å². The minimum Gasteiger partial charge on any atom is -0.339 e. The lowest BCUT2D eigenvalue weighted by Crippen LogP contribution is -1.97. The number of nitrogens with zero attached hydrogens (tertiary/aromatic N) is 2. The molecule has 1 aromatic heterocycles. The lowest BCUT2D eigenvalue weighted by Gasteiger charge is -2.11. The maximum Gasteiger partial charge on any atom is 0.150 e. The Morgan fingerprint density at radius 2 is 1.95 bits per heavy atom. The number of nitrogens with one attached hydrogen (secondary N) is 1. The first kappa shape index (κ1) is 13.9. The van der Waals surface area contributed by atoms with Gasteiger partial charge in [-0.2, -0.15) is 5.26 Å². The third-order valence-electron chi connectivity index (χ3n) is 2.71. The van der Waals surface area contributed by atoms with Crippen LogP contribution in [0, 0.1) is 25.2 Å². The van der Waals surface area contributed by atoms with Crippen LogP contribution in [0.1, 0.15) is 16.7 Å². The zero-order chi connectivity index (χ0) is 14.0. The molecule has 1 N–H and O–H groups in total. The van der Waals surface area contributed by atoms with Crippen molar-refractivity contribution in [2.45, 2.75) is 13.8 Å². The number of aryl methyl sites for hydroxylation is 2. The summed E-state index contributed by atoms with van der Waals surface area (Å²) >= 11 is 9.64. The number of hydrogen-bond donors (Lipinski definition) is 1. The standard InChI is InChI=1S/C14H11BrClN3/c1-8-5-11(6-9(2)12(8)15)19-14-13(16)10(7-17)3-4-18-14/h3-6H,1-2H3,(H,18,19). The van der Waals surface area contributed by atoms with E-state index in [1.54, 1.807) is 12.3 Å². The SMILES string of the molecule is Cc1cc(Nc2nccc(C#N)c2Cl)cc(C)c1Br. The first-order valence-electron chi connectivity index (χ1n) is 5.61. The van der Waals surface area contributed by atoms with Crippen LogP contribution in [0.2, 0.25) is 5.02 Å². The molecule has 0 amide bonds. The molecule has 1 heterocycles. The van der Waals surface area contributed by atoms with E-state index in [1.807, 2.05) is 32.0 Å². The molecule has 1 aromatic carbocycles. The summed E-state index contributed by atoms with van der Waals surface area (Å²) in [6.07, 6.45) is 1.56. The Balaban J connectivity index is 2.40. The Bertz CT molecular complexity index is 654. The molecule has 0 saturated heterocycles. The molecule has 19 heavy (non-hydrogen) atoms. The maximum atomic E-state index is 8.94. The van der Waals surface area contributed by atoms with Crippen LogP contribution in [0.15, 0.2) is 28.9 Å². The highest BCUT2D eigenvalue weighted by molar-refractivity contribution is 9.10. The largest absolute Gasteiger partial charge is 0.339 e. The molecule has 0 spiro atoms. The minimum absolute atomic E-state index is 0.336. The van der Waals surface area contributed by atoms with E-state index >= 15 is 0 Å². The number of hydrogen-bond acceptors (Lipinski definition) is 3. The minimum atomic E-state index is 0.336. The molecule has 0 fully saturated rings. The van der Waals surface area contributed by atoms with Gasteiger partial charge >= 0.3 is 0 Å². The van der Waals surface area contributed by atoms with Crippen LogP contribution in [-0.4, -0.2) is 4.98 Å². The van der Waals surface area contributed by atoms with Gasteiger partial charge in [-0.15, -0.1) is 0 Å². The Morgan fingerprint density at radius 1 is 1.32 bits per heavy atom. The molecule has 3 nitrogen and oxygen atoms in total. The number of aromatic nitrogens is 1. The molecule has 0 aliphatic carbocycles.